The molecule has 3 heterocycles. The molecule has 1 aliphatic carbocycles. The van der Waals surface area contributed by atoms with Gasteiger partial charge >= 0.3 is 0 Å². The highest BCUT2D eigenvalue weighted by atomic mass is 16.5. The van der Waals surface area contributed by atoms with Crippen molar-refractivity contribution in [2.45, 2.75) is 25.2 Å². The van der Waals surface area contributed by atoms with E-state index in [1.165, 1.54) is 18.4 Å². The van der Waals surface area contributed by atoms with Crippen LogP contribution in [-0.2, 0) is 6.42 Å². The summed E-state index contributed by atoms with van der Waals surface area (Å²) in [5.41, 5.74) is 4.03. The van der Waals surface area contributed by atoms with Crippen LogP contribution >= 0.6 is 0 Å². The number of methoxy groups -OCH3 is 1. The molecule has 32 heavy (non-hydrogen) atoms. The Hall–Kier alpha value is -4.07. The van der Waals surface area contributed by atoms with Crippen molar-refractivity contribution in [3.8, 4) is 17.0 Å². The van der Waals surface area contributed by atoms with Gasteiger partial charge in [0.25, 0.3) is 5.91 Å². The van der Waals surface area contributed by atoms with Crippen molar-refractivity contribution >= 4 is 11.7 Å². The van der Waals surface area contributed by atoms with E-state index < -0.39 is 5.91 Å². The highest BCUT2D eigenvalue weighted by molar-refractivity contribution is 6.01. The second-order valence-corrected chi connectivity index (χ2v) is 7.77. The van der Waals surface area contributed by atoms with Crippen molar-refractivity contribution in [3.05, 3.63) is 83.7 Å². The number of amides is 1. The van der Waals surface area contributed by atoms with Gasteiger partial charge in [-0.25, -0.2) is 9.97 Å². The van der Waals surface area contributed by atoms with Crippen LogP contribution in [0.4, 0.5) is 5.82 Å². The highest BCUT2D eigenvalue weighted by Gasteiger charge is 2.25. The van der Waals surface area contributed by atoms with E-state index in [4.69, 9.17) is 4.74 Å². The third kappa shape index (κ3) is 4.34. The molecule has 8 nitrogen and oxygen atoms in total. The SMILES string of the molecule is COc1ncc(C2CC2)cc1-c1ccnc(NC(=O)c2nnc(Cc3ccccc3)[nH]2)c1. The summed E-state index contributed by atoms with van der Waals surface area (Å²) in [6.07, 6.45) is 6.47. The van der Waals surface area contributed by atoms with E-state index in [-0.39, 0.29) is 5.82 Å². The van der Waals surface area contributed by atoms with Crippen LogP contribution in [0, 0.1) is 0 Å². The summed E-state index contributed by atoms with van der Waals surface area (Å²) >= 11 is 0. The molecule has 1 aromatic carbocycles. The van der Waals surface area contributed by atoms with Gasteiger partial charge in [-0.05, 0) is 53.6 Å². The fraction of sp³-hybridized carbons (Fsp3) is 0.208. The van der Waals surface area contributed by atoms with E-state index >= 15 is 0 Å². The number of carbonyl (C=O) groups is 1. The third-order valence-corrected chi connectivity index (χ3v) is 5.39. The van der Waals surface area contributed by atoms with Crippen LogP contribution in [0.2, 0.25) is 0 Å². The summed E-state index contributed by atoms with van der Waals surface area (Å²) in [7, 11) is 1.60. The minimum atomic E-state index is -0.404. The summed E-state index contributed by atoms with van der Waals surface area (Å²) in [6, 6.07) is 15.7. The first-order valence-corrected chi connectivity index (χ1v) is 10.5. The monoisotopic (exact) mass is 426 g/mol. The lowest BCUT2D eigenvalue weighted by Crippen LogP contribution is -2.14. The Morgan fingerprint density at radius 3 is 2.75 bits per heavy atom. The molecule has 3 aromatic heterocycles. The fourth-order valence-corrected chi connectivity index (χ4v) is 3.59. The average molecular weight is 426 g/mol. The molecular weight excluding hydrogens is 404 g/mol. The van der Waals surface area contributed by atoms with Gasteiger partial charge in [0.15, 0.2) is 0 Å². The Morgan fingerprint density at radius 1 is 1.12 bits per heavy atom. The number of hydrogen-bond donors (Lipinski definition) is 2. The zero-order valence-corrected chi connectivity index (χ0v) is 17.6. The standard InChI is InChI=1S/C24H22N6O2/c1-32-24-19(12-18(14-26-24)16-7-8-16)17-9-10-25-20(13-17)28-23(31)22-27-21(29-30-22)11-15-5-3-2-4-6-15/h2-6,9-10,12-14,16H,7-8,11H2,1H3,(H,25,28,31)(H,27,29,30). The number of aromatic nitrogens is 5. The van der Waals surface area contributed by atoms with E-state index in [1.807, 2.05) is 42.6 Å². The topological polar surface area (TPSA) is 106 Å². The summed E-state index contributed by atoms with van der Waals surface area (Å²) in [6.45, 7) is 0. The molecule has 0 spiro atoms. The van der Waals surface area contributed by atoms with Gasteiger partial charge in [0.1, 0.15) is 11.6 Å². The molecule has 160 valence electrons. The van der Waals surface area contributed by atoms with Crippen molar-refractivity contribution in [2.75, 3.05) is 12.4 Å². The highest BCUT2D eigenvalue weighted by Crippen LogP contribution is 2.42. The third-order valence-electron chi connectivity index (χ3n) is 5.39. The van der Waals surface area contributed by atoms with Crippen LogP contribution in [-0.4, -0.2) is 38.2 Å². The van der Waals surface area contributed by atoms with E-state index in [1.54, 1.807) is 19.4 Å². The molecule has 4 aromatic rings. The van der Waals surface area contributed by atoms with Gasteiger partial charge in [0, 0.05) is 24.4 Å². The average Bonchev–Trinajstić information content (AvgIpc) is 3.58. The van der Waals surface area contributed by atoms with E-state index in [9.17, 15) is 4.79 Å². The van der Waals surface area contributed by atoms with Crippen molar-refractivity contribution in [2.24, 2.45) is 0 Å². The van der Waals surface area contributed by atoms with Crippen LogP contribution in [0.25, 0.3) is 11.1 Å². The van der Waals surface area contributed by atoms with Crippen LogP contribution in [0.5, 0.6) is 5.88 Å². The van der Waals surface area contributed by atoms with E-state index in [2.05, 4.69) is 36.5 Å². The van der Waals surface area contributed by atoms with Crippen molar-refractivity contribution in [1.29, 1.82) is 0 Å². The summed E-state index contributed by atoms with van der Waals surface area (Å²) in [5, 5.41) is 10.8. The first-order chi connectivity index (χ1) is 15.7. The minimum Gasteiger partial charge on any atom is -0.481 e. The zero-order valence-electron chi connectivity index (χ0n) is 17.6. The summed E-state index contributed by atoms with van der Waals surface area (Å²) < 4.78 is 5.45. The number of nitrogens with zero attached hydrogens (tertiary/aromatic N) is 4. The molecule has 0 radical (unpaired) electrons. The Kier molecular flexibility index (Phi) is 5.33. The van der Waals surface area contributed by atoms with Gasteiger partial charge in [-0.3, -0.25) is 4.79 Å². The second-order valence-electron chi connectivity index (χ2n) is 7.77. The number of aromatic amines is 1. The molecule has 0 unspecified atom stereocenters. The molecule has 5 rings (SSSR count). The zero-order chi connectivity index (χ0) is 21.9. The van der Waals surface area contributed by atoms with Crippen molar-refractivity contribution in [3.63, 3.8) is 0 Å². The molecule has 0 saturated heterocycles. The van der Waals surface area contributed by atoms with Gasteiger partial charge in [0.2, 0.25) is 11.7 Å². The number of H-pyrrole nitrogens is 1. The van der Waals surface area contributed by atoms with Crippen molar-refractivity contribution in [1.82, 2.24) is 25.1 Å². The second kappa shape index (κ2) is 8.58. The smallest absolute Gasteiger partial charge is 0.294 e. The molecule has 1 fully saturated rings. The lowest BCUT2D eigenvalue weighted by atomic mass is 10.0. The number of anilines is 1. The first-order valence-electron chi connectivity index (χ1n) is 10.5. The number of hydrogen-bond acceptors (Lipinski definition) is 6. The largest absolute Gasteiger partial charge is 0.481 e. The van der Waals surface area contributed by atoms with Gasteiger partial charge in [-0.15, -0.1) is 10.2 Å². The molecule has 1 saturated carbocycles. The molecule has 0 aliphatic heterocycles. The number of carbonyl (C=O) groups excluding carboxylic acids is 1. The summed E-state index contributed by atoms with van der Waals surface area (Å²) in [4.78, 5) is 24.4. The number of rotatable bonds is 7. The molecule has 2 N–H and O–H groups in total. The Bertz CT molecular complexity index is 1250. The summed E-state index contributed by atoms with van der Waals surface area (Å²) in [5.74, 6) is 1.88. The van der Waals surface area contributed by atoms with E-state index in [0.717, 1.165) is 16.7 Å². The number of nitrogens with one attached hydrogen (secondary N) is 2. The fourth-order valence-electron chi connectivity index (χ4n) is 3.59. The van der Waals surface area contributed by atoms with Crippen LogP contribution in [0.3, 0.4) is 0 Å². The Labute approximate surface area is 185 Å². The maximum absolute atomic E-state index is 12.7. The van der Waals surface area contributed by atoms with Gasteiger partial charge in [-0.2, -0.15) is 0 Å². The predicted molar refractivity (Wildman–Crippen MR) is 120 cm³/mol. The van der Waals surface area contributed by atoms with Gasteiger partial charge in [-0.1, -0.05) is 30.3 Å². The van der Waals surface area contributed by atoms with Crippen LogP contribution < -0.4 is 10.1 Å². The maximum atomic E-state index is 12.7. The quantitative estimate of drug-likeness (QED) is 0.463. The van der Waals surface area contributed by atoms with Crippen LogP contribution in [0.15, 0.2) is 60.9 Å². The molecule has 0 bridgehead atoms. The molecule has 1 amide bonds. The minimum absolute atomic E-state index is 0.137. The number of benzene rings is 1. The lowest BCUT2D eigenvalue weighted by molar-refractivity contribution is 0.101. The van der Waals surface area contributed by atoms with Crippen molar-refractivity contribution < 1.29 is 9.53 Å². The van der Waals surface area contributed by atoms with Gasteiger partial charge < -0.3 is 15.0 Å². The molecule has 0 atom stereocenters. The Balaban J connectivity index is 1.33. The lowest BCUT2D eigenvalue weighted by Gasteiger charge is -2.11. The molecular formula is C24H22N6O2. The Morgan fingerprint density at radius 2 is 1.97 bits per heavy atom. The van der Waals surface area contributed by atoms with E-state index in [0.29, 0.717) is 29.9 Å². The van der Waals surface area contributed by atoms with Crippen LogP contribution in [0.1, 0.15) is 46.3 Å². The normalized spacial score (nSPS) is 13.0. The number of ether oxygens (including phenoxy) is 1. The first kappa shape index (κ1) is 19.9. The molecule has 8 heteroatoms. The molecule has 1 aliphatic rings. The number of pyridine rings is 2. The predicted octanol–water partition coefficient (Wildman–Crippen LogP) is 3.99. The maximum Gasteiger partial charge on any atom is 0.294 e. The van der Waals surface area contributed by atoms with Gasteiger partial charge in [0.05, 0.1) is 7.11 Å².